The number of carbonyl (C=O) groups is 2. The Morgan fingerprint density at radius 3 is 2.56 bits per heavy atom. The fourth-order valence-electron chi connectivity index (χ4n) is 3.76. The van der Waals surface area contributed by atoms with Gasteiger partial charge in [-0.2, -0.15) is 18.3 Å². The van der Waals surface area contributed by atoms with Gasteiger partial charge >= 0.3 is 6.18 Å². The molecule has 1 unspecified atom stereocenters. The number of rotatable bonds is 7. The highest BCUT2D eigenvalue weighted by atomic mass is 19.4. The van der Waals surface area contributed by atoms with Gasteiger partial charge in [-0.15, -0.1) is 0 Å². The van der Waals surface area contributed by atoms with Crippen molar-refractivity contribution in [1.29, 1.82) is 0 Å². The molecule has 0 saturated carbocycles. The number of carbonyl (C=O) groups excluding carboxylic acids is 2. The highest BCUT2D eigenvalue weighted by Gasteiger charge is 2.39. The third kappa shape index (κ3) is 5.35. The smallest absolute Gasteiger partial charge is 0.384 e. The number of hydrogen-bond donors (Lipinski definition) is 1. The first kappa shape index (κ1) is 23.5. The predicted molar refractivity (Wildman–Crippen MR) is 111 cm³/mol. The minimum Gasteiger partial charge on any atom is -0.384 e. The second-order valence-corrected chi connectivity index (χ2v) is 8.18. The van der Waals surface area contributed by atoms with Crippen LogP contribution in [0.1, 0.15) is 58.9 Å². The number of nitrogens with zero attached hydrogens (tertiary/aromatic N) is 3. The number of aryl methyl sites for hydroxylation is 3. The third-order valence-corrected chi connectivity index (χ3v) is 5.37. The number of halogens is 3. The fraction of sp³-hybridized carbons (Fsp3) is 0.455. The van der Waals surface area contributed by atoms with Crippen molar-refractivity contribution in [2.45, 2.75) is 51.8 Å². The Labute approximate surface area is 183 Å². The summed E-state index contributed by atoms with van der Waals surface area (Å²) in [7, 11) is 1.84. The first-order valence-electron chi connectivity index (χ1n) is 10.1. The molecule has 32 heavy (non-hydrogen) atoms. The van der Waals surface area contributed by atoms with Gasteiger partial charge in [0.25, 0.3) is 0 Å². The molecule has 1 aromatic carbocycles. The van der Waals surface area contributed by atoms with Crippen molar-refractivity contribution in [3.05, 3.63) is 52.3 Å². The molecule has 1 N–H and O–H groups in total. The molecule has 0 bridgehead atoms. The standard InChI is InChI=1S/C22H25F3N4O3/c1-13-9-15(18-10-21(3,32-28-18)17-11-29(4)27-14(17)2)5-6-16(13)19(30)7-8-20(31)26-12-22(23,24)25/h5-6,9,11H,7-8,10,12H2,1-4H3,(H,26,31). The average Bonchev–Trinajstić information content (AvgIpc) is 3.26. The maximum Gasteiger partial charge on any atom is 0.405 e. The lowest BCUT2D eigenvalue weighted by atomic mass is 9.88. The number of benzene rings is 1. The molecule has 0 fully saturated rings. The van der Waals surface area contributed by atoms with Crippen LogP contribution in [0.3, 0.4) is 0 Å². The first-order chi connectivity index (χ1) is 14.9. The summed E-state index contributed by atoms with van der Waals surface area (Å²) in [6.45, 7) is 4.22. The zero-order valence-corrected chi connectivity index (χ0v) is 18.3. The molecule has 1 aliphatic heterocycles. The van der Waals surface area contributed by atoms with Crippen molar-refractivity contribution in [1.82, 2.24) is 15.1 Å². The second-order valence-electron chi connectivity index (χ2n) is 8.18. The molecular formula is C22H25F3N4O3. The monoisotopic (exact) mass is 450 g/mol. The Morgan fingerprint density at radius 2 is 1.97 bits per heavy atom. The number of oxime groups is 1. The van der Waals surface area contributed by atoms with Crippen LogP contribution < -0.4 is 5.32 Å². The van der Waals surface area contributed by atoms with E-state index in [0.29, 0.717) is 17.5 Å². The molecule has 0 spiro atoms. The Bertz CT molecular complexity index is 1070. The molecule has 1 aromatic heterocycles. The van der Waals surface area contributed by atoms with Crippen molar-refractivity contribution in [2.24, 2.45) is 12.2 Å². The number of aromatic nitrogens is 2. The minimum atomic E-state index is -4.48. The van der Waals surface area contributed by atoms with E-state index in [9.17, 15) is 22.8 Å². The number of nitrogens with one attached hydrogen (secondary N) is 1. The van der Waals surface area contributed by atoms with Crippen molar-refractivity contribution in [2.75, 3.05) is 6.54 Å². The summed E-state index contributed by atoms with van der Waals surface area (Å²) >= 11 is 0. The predicted octanol–water partition coefficient (Wildman–Crippen LogP) is 3.72. The lowest BCUT2D eigenvalue weighted by Gasteiger charge is -2.20. The molecular weight excluding hydrogens is 425 g/mol. The Kier molecular flexibility index (Phi) is 6.43. The van der Waals surface area contributed by atoms with Crippen LogP contribution >= 0.6 is 0 Å². The molecule has 0 aliphatic carbocycles. The van der Waals surface area contributed by atoms with Crippen molar-refractivity contribution in [3.63, 3.8) is 0 Å². The molecule has 0 radical (unpaired) electrons. The second kappa shape index (κ2) is 8.76. The number of ketones is 1. The molecule has 1 amide bonds. The van der Waals surface area contributed by atoms with Crippen LogP contribution in [-0.4, -0.2) is 39.9 Å². The summed E-state index contributed by atoms with van der Waals surface area (Å²) < 4.78 is 38.2. The Morgan fingerprint density at radius 1 is 1.25 bits per heavy atom. The molecule has 1 aliphatic rings. The van der Waals surface area contributed by atoms with Gasteiger partial charge in [0.1, 0.15) is 6.54 Å². The molecule has 172 valence electrons. The molecule has 1 atom stereocenters. The quantitative estimate of drug-likeness (QED) is 0.652. The van der Waals surface area contributed by atoms with E-state index < -0.39 is 24.2 Å². The highest BCUT2D eigenvalue weighted by Crippen LogP contribution is 2.37. The molecule has 2 aromatic rings. The topological polar surface area (TPSA) is 85.6 Å². The largest absolute Gasteiger partial charge is 0.405 e. The molecule has 2 heterocycles. The van der Waals surface area contributed by atoms with Gasteiger partial charge in [0, 0.05) is 43.6 Å². The van der Waals surface area contributed by atoms with Crippen molar-refractivity contribution in [3.8, 4) is 0 Å². The minimum absolute atomic E-state index is 0.174. The number of alkyl halides is 3. The summed E-state index contributed by atoms with van der Waals surface area (Å²) in [5.41, 5.74) is 3.84. The summed E-state index contributed by atoms with van der Waals surface area (Å²) in [5.74, 6) is -1.12. The van der Waals surface area contributed by atoms with E-state index in [1.807, 2.05) is 33.2 Å². The maximum absolute atomic E-state index is 12.5. The van der Waals surface area contributed by atoms with E-state index in [1.54, 1.807) is 29.1 Å². The van der Waals surface area contributed by atoms with E-state index >= 15 is 0 Å². The summed E-state index contributed by atoms with van der Waals surface area (Å²) in [6, 6.07) is 5.23. The van der Waals surface area contributed by atoms with Crippen LogP contribution in [0.4, 0.5) is 13.2 Å². The van der Waals surface area contributed by atoms with Gasteiger partial charge in [0.2, 0.25) is 5.91 Å². The molecule has 3 rings (SSSR count). The van der Waals surface area contributed by atoms with Crippen molar-refractivity contribution < 1.29 is 27.6 Å². The lowest BCUT2D eigenvalue weighted by molar-refractivity contribution is -0.138. The van der Waals surface area contributed by atoms with Crippen LogP contribution in [0.15, 0.2) is 29.6 Å². The highest BCUT2D eigenvalue weighted by molar-refractivity contribution is 6.04. The average molecular weight is 450 g/mol. The summed E-state index contributed by atoms with van der Waals surface area (Å²) in [4.78, 5) is 29.8. The molecule has 0 saturated heterocycles. The van der Waals surface area contributed by atoms with Gasteiger partial charge in [-0.05, 0) is 38.0 Å². The van der Waals surface area contributed by atoms with E-state index in [1.165, 1.54) is 0 Å². The van der Waals surface area contributed by atoms with Gasteiger partial charge in [-0.25, -0.2) is 0 Å². The summed E-state index contributed by atoms with van der Waals surface area (Å²) in [6.07, 6.45) is -2.52. The van der Waals surface area contributed by atoms with Crippen molar-refractivity contribution >= 4 is 17.4 Å². The van der Waals surface area contributed by atoms with Gasteiger partial charge in [0.05, 0.1) is 11.4 Å². The van der Waals surface area contributed by atoms with E-state index in [2.05, 4.69) is 10.3 Å². The number of amides is 1. The van der Waals surface area contributed by atoms with E-state index in [0.717, 1.165) is 22.5 Å². The number of hydrogen-bond acceptors (Lipinski definition) is 5. The van der Waals surface area contributed by atoms with Gasteiger partial charge in [0.15, 0.2) is 11.4 Å². The SMILES string of the molecule is Cc1cc(C2=NOC(C)(c3cn(C)nc3C)C2)ccc1C(=O)CCC(=O)NCC(F)(F)F. The third-order valence-electron chi connectivity index (χ3n) is 5.37. The van der Waals surface area contributed by atoms with E-state index in [4.69, 9.17) is 4.84 Å². The van der Waals surface area contributed by atoms with Gasteiger partial charge in [-0.1, -0.05) is 17.3 Å². The first-order valence-corrected chi connectivity index (χ1v) is 10.1. The zero-order valence-electron chi connectivity index (χ0n) is 18.3. The zero-order chi connectivity index (χ0) is 23.7. The normalized spacial score (nSPS) is 18.3. The Balaban J connectivity index is 1.63. The van der Waals surface area contributed by atoms with Crippen LogP contribution in [0.5, 0.6) is 0 Å². The van der Waals surface area contributed by atoms with Crippen LogP contribution in [0, 0.1) is 13.8 Å². The summed E-state index contributed by atoms with van der Waals surface area (Å²) in [5, 5.41) is 10.4. The van der Waals surface area contributed by atoms with Crippen LogP contribution in [-0.2, 0) is 22.3 Å². The van der Waals surface area contributed by atoms with Crippen LogP contribution in [0.25, 0.3) is 0 Å². The molecule has 7 nitrogen and oxygen atoms in total. The Hall–Kier alpha value is -3.17. The van der Waals surface area contributed by atoms with Gasteiger partial charge < -0.3 is 10.2 Å². The fourth-order valence-corrected chi connectivity index (χ4v) is 3.76. The molecule has 10 heteroatoms. The van der Waals surface area contributed by atoms with E-state index in [-0.39, 0.29) is 18.6 Å². The van der Waals surface area contributed by atoms with Gasteiger partial charge in [-0.3, -0.25) is 14.3 Å². The maximum atomic E-state index is 12.5. The van der Waals surface area contributed by atoms with Crippen LogP contribution in [0.2, 0.25) is 0 Å². The number of Topliss-reactive ketones (excluding diaryl/α,β-unsaturated/α-hetero) is 1. The lowest BCUT2D eigenvalue weighted by Crippen LogP contribution is -2.33.